The fourth-order valence-electron chi connectivity index (χ4n) is 1.81. The number of ether oxygens (including phenoxy) is 1. The molecule has 0 unspecified atom stereocenters. The number of aryl methyl sites for hydroxylation is 1. The van der Waals surface area contributed by atoms with Crippen LogP contribution in [0.25, 0.3) is 11.1 Å². The van der Waals surface area contributed by atoms with Crippen molar-refractivity contribution < 1.29 is 13.9 Å². The average Bonchev–Trinajstić information content (AvgIpc) is 2.40. The Bertz CT molecular complexity index is 596. The number of halogens is 1. The molecule has 0 saturated heterocycles. The summed E-state index contributed by atoms with van der Waals surface area (Å²) in [6.45, 7) is 1.86. The average molecular weight is 245 g/mol. The van der Waals surface area contributed by atoms with Gasteiger partial charge in [-0.15, -0.1) is 0 Å². The van der Waals surface area contributed by atoms with E-state index >= 15 is 0 Å². The minimum Gasteiger partial charge on any atom is -0.480 e. The summed E-state index contributed by atoms with van der Waals surface area (Å²) in [5.74, 6) is -0.180. The molecule has 2 rings (SSSR count). The number of aromatic nitrogens is 1. The summed E-state index contributed by atoms with van der Waals surface area (Å²) in [6.07, 6.45) is 2.12. The van der Waals surface area contributed by atoms with Crippen molar-refractivity contribution in [2.24, 2.45) is 0 Å². The molecular formula is C14H12FNO2. The van der Waals surface area contributed by atoms with Crippen LogP contribution in [0.1, 0.15) is 15.9 Å². The molecule has 3 nitrogen and oxygen atoms in total. The highest BCUT2D eigenvalue weighted by Crippen LogP contribution is 2.30. The standard InChI is InChI=1S/C14H12FNO2/c1-9-3-4-13(15)11(7-9)10-5-6-16-14(18-2)12(10)8-17/h3-8H,1-2H3. The number of aldehydes is 1. The topological polar surface area (TPSA) is 39.2 Å². The van der Waals surface area contributed by atoms with Gasteiger partial charge in [0, 0.05) is 17.3 Å². The van der Waals surface area contributed by atoms with Crippen LogP contribution >= 0.6 is 0 Å². The third-order valence-corrected chi connectivity index (χ3v) is 2.68. The Kier molecular flexibility index (Phi) is 3.37. The van der Waals surface area contributed by atoms with Crippen LogP contribution < -0.4 is 4.74 Å². The highest BCUT2D eigenvalue weighted by Gasteiger charge is 2.14. The Hall–Kier alpha value is -2.23. The molecule has 0 bridgehead atoms. The molecule has 0 atom stereocenters. The SMILES string of the molecule is COc1nccc(-c2cc(C)ccc2F)c1C=O. The van der Waals surface area contributed by atoms with Crippen LogP contribution in [0.4, 0.5) is 4.39 Å². The molecule has 0 spiro atoms. The number of carbonyl (C=O) groups excluding carboxylic acids is 1. The molecule has 0 saturated carbocycles. The van der Waals surface area contributed by atoms with Crippen molar-refractivity contribution in [3.05, 3.63) is 47.4 Å². The lowest BCUT2D eigenvalue weighted by Gasteiger charge is -2.10. The molecule has 0 aliphatic rings. The highest BCUT2D eigenvalue weighted by molar-refractivity contribution is 5.90. The van der Waals surface area contributed by atoms with Gasteiger partial charge in [0.25, 0.3) is 0 Å². The molecule has 0 N–H and O–H groups in total. The number of hydrogen-bond donors (Lipinski definition) is 0. The third-order valence-electron chi connectivity index (χ3n) is 2.68. The van der Waals surface area contributed by atoms with Crippen molar-refractivity contribution in [3.63, 3.8) is 0 Å². The largest absolute Gasteiger partial charge is 0.480 e. The second kappa shape index (κ2) is 4.96. The Morgan fingerprint density at radius 3 is 2.72 bits per heavy atom. The monoisotopic (exact) mass is 245 g/mol. The Balaban J connectivity index is 2.70. The van der Waals surface area contributed by atoms with Crippen LogP contribution in [0.2, 0.25) is 0 Å². The van der Waals surface area contributed by atoms with Gasteiger partial charge in [-0.1, -0.05) is 11.6 Å². The third kappa shape index (κ3) is 2.09. The van der Waals surface area contributed by atoms with Crippen LogP contribution in [-0.2, 0) is 0 Å². The zero-order valence-electron chi connectivity index (χ0n) is 10.1. The normalized spacial score (nSPS) is 10.2. The number of pyridine rings is 1. The first kappa shape index (κ1) is 12.2. The molecule has 92 valence electrons. The second-order valence-corrected chi connectivity index (χ2v) is 3.88. The summed E-state index contributed by atoms with van der Waals surface area (Å²) >= 11 is 0. The predicted octanol–water partition coefficient (Wildman–Crippen LogP) is 3.02. The minimum atomic E-state index is -0.378. The molecule has 0 amide bonds. The maximum Gasteiger partial charge on any atom is 0.224 e. The summed E-state index contributed by atoms with van der Waals surface area (Å²) in [4.78, 5) is 15.1. The van der Waals surface area contributed by atoms with Gasteiger partial charge in [0.1, 0.15) is 5.82 Å². The number of hydrogen-bond acceptors (Lipinski definition) is 3. The lowest BCUT2D eigenvalue weighted by molar-refractivity contribution is 0.112. The van der Waals surface area contributed by atoms with Gasteiger partial charge in [-0.05, 0) is 25.1 Å². The smallest absolute Gasteiger partial charge is 0.224 e. The van der Waals surface area contributed by atoms with Crippen LogP contribution in [0.5, 0.6) is 5.88 Å². The zero-order chi connectivity index (χ0) is 13.1. The van der Waals surface area contributed by atoms with Crippen molar-refractivity contribution in [2.45, 2.75) is 6.92 Å². The molecule has 1 aromatic carbocycles. The molecule has 1 aromatic heterocycles. The van der Waals surface area contributed by atoms with Crippen molar-refractivity contribution in [3.8, 4) is 17.0 Å². The van der Waals surface area contributed by atoms with Crippen LogP contribution in [0.3, 0.4) is 0 Å². The van der Waals surface area contributed by atoms with Gasteiger partial charge in [0.05, 0.1) is 12.7 Å². The molecule has 0 aliphatic heterocycles. The first-order chi connectivity index (χ1) is 8.67. The van der Waals surface area contributed by atoms with Crippen molar-refractivity contribution in [1.29, 1.82) is 0 Å². The Morgan fingerprint density at radius 2 is 2.06 bits per heavy atom. The minimum absolute atomic E-state index is 0.198. The van der Waals surface area contributed by atoms with Gasteiger partial charge >= 0.3 is 0 Å². The van der Waals surface area contributed by atoms with Gasteiger partial charge in [-0.3, -0.25) is 4.79 Å². The zero-order valence-corrected chi connectivity index (χ0v) is 10.1. The van der Waals surface area contributed by atoms with Crippen LogP contribution in [0, 0.1) is 12.7 Å². The molecular weight excluding hydrogens is 233 g/mol. The van der Waals surface area contributed by atoms with Crippen LogP contribution in [0.15, 0.2) is 30.5 Å². The fourth-order valence-corrected chi connectivity index (χ4v) is 1.81. The first-order valence-corrected chi connectivity index (χ1v) is 5.42. The first-order valence-electron chi connectivity index (χ1n) is 5.42. The van der Waals surface area contributed by atoms with E-state index in [4.69, 9.17) is 4.74 Å². The summed E-state index contributed by atoms with van der Waals surface area (Å²) in [6, 6.07) is 6.35. The van der Waals surface area contributed by atoms with E-state index in [-0.39, 0.29) is 17.3 Å². The van der Waals surface area contributed by atoms with Gasteiger partial charge in [-0.2, -0.15) is 0 Å². The van der Waals surface area contributed by atoms with E-state index in [1.807, 2.05) is 6.92 Å². The second-order valence-electron chi connectivity index (χ2n) is 3.88. The van der Waals surface area contributed by atoms with E-state index in [1.54, 1.807) is 18.2 Å². The summed E-state index contributed by atoms with van der Waals surface area (Å²) < 4.78 is 18.8. The van der Waals surface area contributed by atoms with Gasteiger partial charge < -0.3 is 4.74 Å². The van der Waals surface area contributed by atoms with E-state index in [9.17, 15) is 9.18 Å². The predicted molar refractivity (Wildman–Crippen MR) is 66.3 cm³/mol. The van der Waals surface area contributed by atoms with Crippen molar-refractivity contribution in [2.75, 3.05) is 7.11 Å². The van der Waals surface area contributed by atoms with Gasteiger partial charge in [0.2, 0.25) is 5.88 Å². The fraction of sp³-hybridized carbons (Fsp3) is 0.143. The maximum absolute atomic E-state index is 13.8. The Morgan fingerprint density at radius 1 is 1.28 bits per heavy atom. The molecule has 0 aliphatic carbocycles. The lowest BCUT2D eigenvalue weighted by Crippen LogP contribution is -1.98. The van der Waals surface area contributed by atoms with Gasteiger partial charge in [-0.25, -0.2) is 9.37 Å². The number of methoxy groups -OCH3 is 1. The molecule has 0 radical (unpaired) electrons. The van der Waals surface area contributed by atoms with E-state index in [0.717, 1.165) is 5.56 Å². The van der Waals surface area contributed by atoms with Crippen molar-refractivity contribution in [1.82, 2.24) is 4.98 Å². The van der Waals surface area contributed by atoms with E-state index in [2.05, 4.69) is 4.98 Å². The van der Waals surface area contributed by atoms with Crippen molar-refractivity contribution >= 4 is 6.29 Å². The molecule has 0 fully saturated rings. The Labute approximate surface area is 104 Å². The number of nitrogens with zero attached hydrogens (tertiary/aromatic N) is 1. The van der Waals surface area contributed by atoms with Crippen LogP contribution in [-0.4, -0.2) is 18.4 Å². The number of benzene rings is 1. The molecule has 18 heavy (non-hydrogen) atoms. The van der Waals surface area contributed by atoms with E-state index in [0.29, 0.717) is 17.4 Å². The molecule has 1 heterocycles. The summed E-state index contributed by atoms with van der Waals surface area (Å²) in [5.41, 5.74) is 2.03. The quantitative estimate of drug-likeness (QED) is 0.780. The molecule has 2 aromatic rings. The molecule has 4 heteroatoms. The summed E-state index contributed by atoms with van der Waals surface area (Å²) in [7, 11) is 1.42. The number of rotatable bonds is 3. The van der Waals surface area contributed by atoms with E-state index in [1.165, 1.54) is 19.4 Å². The lowest BCUT2D eigenvalue weighted by atomic mass is 10.00. The number of carbonyl (C=O) groups is 1. The maximum atomic E-state index is 13.8. The van der Waals surface area contributed by atoms with Gasteiger partial charge in [0.15, 0.2) is 6.29 Å². The summed E-state index contributed by atoms with van der Waals surface area (Å²) in [5, 5.41) is 0. The highest BCUT2D eigenvalue weighted by atomic mass is 19.1. The van der Waals surface area contributed by atoms with E-state index < -0.39 is 0 Å².